The first-order chi connectivity index (χ1) is 20.4. The number of carbonyl (C=O) groups is 2. The van der Waals surface area contributed by atoms with Gasteiger partial charge in [0, 0.05) is 5.56 Å². The van der Waals surface area contributed by atoms with Gasteiger partial charge in [0.15, 0.2) is 6.10 Å². The highest BCUT2D eigenvalue weighted by Gasteiger charge is 2.60. The Labute approximate surface area is 243 Å². The second-order valence-corrected chi connectivity index (χ2v) is 11.4. The number of fused-ring (bicyclic) bond motifs is 1. The van der Waals surface area contributed by atoms with Gasteiger partial charge in [0.1, 0.15) is 22.3 Å². The van der Waals surface area contributed by atoms with Gasteiger partial charge in [-0.3, -0.25) is 14.4 Å². The monoisotopic (exact) mass is 584 g/mol. The van der Waals surface area contributed by atoms with Crippen molar-refractivity contribution in [2.45, 2.75) is 30.4 Å². The number of anilines is 2. The molecule has 0 bridgehead atoms. The van der Waals surface area contributed by atoms with E-state index in [1.165, 1.54) is 23.3 Å². The molecule has 2 amide bonds. The van der Waals surface area contributed by atoms with E-state index in [1.54, 1.807) is 72.8 Å². The summed E-state index contributed by atoms with van der Waals surface area (Å²) >= 11 is 0. The molecule has 2 aliphatic rings. The van der Waals surface area contributed by atoms with E-state index in [-0.39, 0.29) is 10.6 Å². The Balaban J connectivity index is 1.39. The summed E-state index contributed by atoms with van der Waals surface area (Å²) in [5, 5.41) is 1.50. The van der Waals surface area contributed by atoms with Crippen LogP contribution in [0.25, 0.3) is 0 Å². The van der Waals surface area contributed by atoms with Crippen LogP contribution < -0.4 is 18.9 Å². The second-order valence-electron chi connectivity index (χ2n) is 9.90. The first-order valence-corrected chi connectivity index (χ1v) is 15.0. The van der Waals surface area contributed by atoms with Gasteiger partial charge in [-0.15, -0.1) is 0 Å². The number of hydroxylamine groups is 1. The molecule has 4 aromatic carbocycles. The number of imide groups is 1. The van der Waals surface area contributed by atoms with Crippen LogP contribution in [0.5, 0.6) is 11.5 Å². The highest BCUT2D eigenvalue weighted by molar-refractivity contribution is 7.87. The van der Waals surface area contributed by atoms with Crippen LogP contribution >= 0.6 is 0 Å². The Morgan fingerprint density at radius 2 is 1.40 bits per heavy atom. The van der Waals surface area contributed by atoms with Crippen molar-refractivity contribution in [1.29, 1.82) is 0 Å². The standard InChI is InChI=1S/C32H28N2O7S/c1-2-21-39-24-19-17-22(18-20-24)33-31(35)28-29(34(40-30(28)32(33)36)23-11-5-3-6-12-23)26-15-9-10-16-27(26)41-42(37,38)25-13-7-4-8-14-25/h3-20,28-30H,2,21H2,1H3/t28-,29-,30-/m1/s1. The van der Waals surface area contributed by atoms with Gasteiger partial charge in [0.25, 0.3) is 5.91 Å². The van der Waals surface area contributed by atoms with Crippen molar-refractivity contribution in [3.8, 4) is 11.5 Å². The summed E-state index contributed by atoms with van der Waals surface area (Å²) in [5.41, 5.74) is 1.38. The minimum Gasteiger partial charge on any atom is -0.494 e. The van der Waals surface area contributed by atoms with Gasteiger partial charge in [0.2, 0.25) is 5.91 Å². The average Bonchev–Trinajstić information content (AvgIpc) is 3.52. The van der Waals surface area contributed by atoms with E-state index in [4.69, 9.17) is 13.8 Å². The maximum Gasteiger partial charge on any atom is 0.339 e. The Kier molecular flexibility index (Phi) is 7.40. The number of rotatable bonds is 9. The van der Waals surface area contributed by atoms with E-state index >= 15 is 0 Å². The number of nitrogens with zero attached hydrogens (tertiary/aromatic N) is 2. The summed E-state index contributed by atoms with van der Waals surface area (Å²) in [4.78, 5) is 35.1. The molecule has 2 saturated heterocycles. The minimum atomic E-state index is -4.19. The van der Waals surface area contributed by atoms with Crippen LogP contribution in [0.2, 0.25) is 0 Å². The van der Waals surface area contributed by atoms with Crippen molar-refractivity contribution < 1.29 is 31.8 Å². The third kappa shape index (κ3) is 4.99. The fourth-order valence-corrected chi connectivity index (χ4v) is 6.22. The lowest BCUT2D eigenvalue weighted by Gasteiger charge is -2.29. The molecule has 0 aromatic heterocycles. The molecule has 2 heterocycles. The van der Waals surface area contributed by atoms with E-state index in [0.717, 1.165) is 11.3 Å². The number of amides is 2. The normalized spacial score (nSPS) is 20.1. The van der Waals surface area contributed by atoms with Gasteiger partial charge in [-0.2, -0.15) is 8.42 Å². The van der Waals surface area contributed by atoms with E-state index in [2.05, 4.69) is 0 Å². The predicted molar refractivity (Wildman–Crippen MR) is 155 cm³/mol. The molecule has 0 aliphatic carbocycles. The number of carbonyl (C=O) groups excluding carboxylic acids is 2. The van der Waals surface area contributed by atoms with Crippen LogP contribution in [0.3, 0.4) is 0 Å². The third-order valence-electron chi connectivity index (χ3n) is 7.16. The molecule has 0 saturated carbocycles. The molecule has 3 atom stereocenters. The summed E-state index contributed by atoms with van der Waals surface area (Å²) < 4.78 is 37.7. The summed E-state index contributed by atoms with van der Waals surface area (Å²) in [5.74, 6) is -1.28. The quantitative estimate of drug-likeness (QED) is 0.193. The fourth-order valence-electron chi connectivity index (χ4n) is 5.25. The maximum absolute atomic E-state index is 14.0. The lowest BCUT2D eigenvalue weighted by atomic mass is 9.90. The molecule has 2 aliphatic heterocycles. The van der Waals surface area contributed by atoms with Gasteiger partial charge < -0.3 is 8.92 Å². The van der Waals surface area contributed by atoms with E-state index in [0.29, 0.717) is 29.3 Å². The summed E-state index contributed by atoms with van der Waals surface area (Å²) in [7, 11) is -4.19. The van der Waals surface area contributed by atoms with Crippen LogP contribution in [-0.2, 0) is 24.5 Å². The smallest absolute Gasteiger partial charge is 0.339 e. The van der Waals surface area contributed by atoms with Gasteiger partial charge in [-0.05, 0) is 61.0 Å². The van der Waals surface area contributed by atoms with E-state index < -0.39 is 40.0 Å². The molecule has 0 spiro atoms. The third-order valence-corrected chi connectivity index (χ3v) is 8.41. The lowest BCUT2D eigenvalue weighted by Crippen LogP contribution is -2.37. The molecular formula is C32H28N2O7S. The molecule has 42 heavy (non-hydrogen) atoms. The van der Waals surface area contributed by atoms with Crippen molar-refractivity contribution in [2.75, 3.05) is 16.6 Å². The molecule has 214 valence electrons. The van der Waals surface area contributed by atoms with Crippen molar-refractivity contribution in [3.63, 3.8) is 0 Å². The van der Waals surface area contributed by atoms with E-state index in [9.17, 15) is 18.0 Å². The van der Waals surface area contributed by atoms with Crippen molar-refractivity contribution in [2.24, 2.45) is 5.92 Å². The van der Waals surface area contributed by atoms with Crippen LogP contribution in [0.4, 0.5) is 11.4 Å². The van der Waals surface area contributed by atoms with Crippen molar-refractivity contribution in [1.82, 2.24) is 0 Å². The minimum absolute atomic E-state index is 0.00933. The van der Waals surface area contributed by atoms with Crippen LogP contribution in [0.1, 0.15) is 24.9 Å². The zero-order valence-electron chi connectivity index (χ0n) is 22.7. The lowest BCUT2D eigenvalue weighted by molar-refractivity contribution is -0.126. The largest absolute Gasteiger partial charge is 0.494 e. The van der Waals surface area contributed by atoms with Gasteiger partial charge >= 0.3 is 10.1 Å². The molecule has 0 N–H and O–H groups in total. The Bertz CT molecular complexity index is 1700. The Hall–Kier alpha value is -4.67. The predicted octanol–water partition coefficient (Wildman–Crippen LogP) is 5.29. The zero-order valence-corrected chi connectivity index (χ0v) is 23.5. The Morgan fingerprint density at radius 3 is 2.10 bits per heavy atom. The molecule has 2 fully saturated rings. The van der Waals surface area contributed by atoms with Gasteiger partial charge in [0.05, 0.1) is 24.0 Å². The summed E-state index contributed by atoms with van der Waals surface area (Å²) in [6.07, 6.45) is -0.277. The number of benzene rings is 4. The van der Waals surface area contributed by atoms with Crippen molar-refractivity contribution in [3.05, 3.63) is 115 Å². The fraction of sp³-hybridized carbons (Fsp3) is 0.188. The van der Waals surface area contributed by atoms with Crippen LogP contribution in [-0.4, -0.2) is 32.9 Å². The Morgan fingerprint density at radius 1 is 0.762 bits per heavy atom. The van der Waals surface area contributed by atoms with E-state index in [1.807, 2.05) is 25.1 Å². The maximum atomic E-state index is 14.0. The zero-order chi connectivity index (χ0) is 29.3. The SMILES string of the molecule is CCCOc1ccc(N2C(=O)[C@@H]3[C@@H](c4ccccc4OS(=O)(=O)c4ccccc4)N(c4ccccc4)O[C@H]3C2=O)cc1. The number of hydrogen-bond acceptors (Lipinski definition) is 8. The second kappa shape index (κ2) is 11.3. The van der Waals surface area contributed by atoms with Crippen LogP contribution in [0, 0.1) is 5.92 Å². The number of hydrogen-bond donors (Lipinski definition) is 0. The molecule has 9 nitrogen and oxygen atoms in total. The number of para-hydroxylation sites is 2. The molecular weight excluding hydrogens is 556 g/mol. The molecule has 10 heteroatoms. The molecule has 0 radical (unpaired) electrons. The van der Waals surface area contributed by atoms with Gasteiger partial charge in [-0.1, -0.05) is 61.5 Å². The first kappa shape index (κ1) is 27.5. The molecule has 4 aromatic rings. The van der Waals surface area contributed by atoms with Crippen molar-refractivity contribution >= 4 is 33.3 Å². The summed E-state index contributed by atoms with van der Waals surface area (Å²) in [6.45, 7) is 2.56. The van der Waals surface area contributed by atoms with Gasteiger partial charge in [-0.25, -0.2) is 9.96 Å². The highest BCUT2D eigenvalue weighted by Crippen LogP contribution is 2.49. The number of ether oxygens (including phenoxy) is 1. The molecule has 0 unspecified atom stereocenters. The average molecular weight is 585 g/mol. The summed E-state index contributed by atoms with van der Waals surface area (Å²) in [6, 6.07) is 29.3. The topological polar surface area (TPSA) is 102 Å². The highest BCUT2D eigenvalue weighted by atomic mass is 32.2. The first-order valence-electron chi connectivity index (χ1n) is 13.6. The van der Waals surface area contributed by atoms with Crippen LogP contribution in [0.15, 0.2) is 114 Å². The molecule has 6 rings (SSSR count).